The summed E-state index contributed by atoms with van der Waals surface area (Å²) in [4.78, 5) is 27.5. The lowest BCUT2D eigenvalue weighted by Gasteiger charge is -2.11. The highest BCUT2D eigenvalue weighted by molar-refractivity contribution is 7.12. The van der Waals surface area contributed by atoms with Crippen LogP contribution in [0.3, 0.4) is 0 Å². The Bertz CT molecular complexity index is 1070. The predicted octanol–water partition coefficient (Wildman–Crippen LogP) is 3.67. The van der Waals surface area contributed by atoms with E-state index in [9.17, 15) is 9.59 Å². The van der Waals surface area contributed by atoms with Crippen molar-refractivity contribution in [1.82, 2.24) is 20.0 Å². The number of rotatable bonds is 5. The van der Waals surface area contributed by atoms with Crippen LogP contribution in [-0.4, -0.2) is 52.8 Å². The molecule has 30 heavy (non-hydrogen) atoms. The summed E-state index contributed by atoms with van der Waals surface area (Å²) in [5, 5.41) is 15.1. The molecule has 1 atom stereocenters. The van der Waals surface area contributed by atoms with Crippen molar-refractivity contribution >= 4 is 46.3 Å². The number of carbonyl (C=O) groups is 2. The summed E-state index contributed by atoms with van der Waals surface area (Å²) in [5.74, 6) is -0.0730. The first kappa shape index (κ1) is 20.4. The summed E-state index contributed by atoms with van der Waals surface area (Å²) < 4.78 is 1.61. The maximum atomic E-state index is 12.5. The van der Waals surface area contributed by atoms with Gasteiger partial charge in [-0.15, -0.1) is 11.3 Å². The Kier molecular flexibility index (Phi) is 6.03. The number of likely N-dealkylation sites (tertiary alicyclic amines) is 1. The highest BCUT2D eigenvalue weighted by Gasteiger charge is 2.22. The first-order valence-electron chi connectivity index (χ1n) is 9.43. The average molecular weight is 445 g/mol. The summed E-state index contributed by atoms with van der Waals surface area (Å²) in [7, 11) is 2.05. The van der Waals surface area contributed by atoms with Gasteiger partial charge in [-0.3, -0.25) is 4.79 Å². The van der Waals surface area contributed by atoms with E-state index in [2.05, 4.69) is 25.9 Å². The lowest BCUT2D eigenvalue weighted by Crippen LogP contribution is -2.36. The fraction of sp³-hybridized carbons (Fsp3) is 0.250. The van der Waals surface area contributed by atoms with Gasteiger partial charge in [0.25, 0.3) is 5.91 Å². The number of amides is 3. The maximum Gasteiger partial charge on any atom is 0.323 e. The van der Waals surface area contributed by atoms with Crippen molar-refractivity contribution < 1.29 is 9.59 Å². The number of hydrogen-bond donors (Lipinski definition) is 3. The number of halogens is 1. The Labute approximate surface area is 182 Å². The zero-order chi connectivity index (χ0) is 21.1. The smallest absolute Gasteiger partial charge is 0.323 e. The minimum Gasteiger partial charge on any atom is -0.347 e. The molecule has 156 valence electrons. The Morgan fingerprint density at radius 1 is 1.27 bits per heavy atom. The lowest BCUT2D eigenvalue weighted by atomic mass is 10.2. The van der Waals surface area contributed by atoms with Crippen LogP contribution in [0.25, 0.3) is 5.69 Å². The van der Waals surface area contributed by atoms with E-state index in [0.717, 1.165) is 25.2 Å². The molecule has 1 aromatic carbocycles. The molecule has 8 nitrogen and oxygen atoms in total. The molecule has 0 bridgehead atoms. The normalized spacial score (nSPS) is 16.4. The van der Waals surface area contributed by atoms with Gasteiger partial charge in [-0.05, 0) is 38.2 Å². The molecule has 3 amide bonds. The lowest BCUT2D eigenvalue weighted by molar-refractivity contribution is 0.0942. The molecule has 0 aliphatic carbocycles. The number of thiophene rings is 1. The number of nitrogens with one attached hydrogen (secondary N) is 3. The van der Waals surface area contributed by atoms with Crippen LogP contribution < -0.4 is 16.0 Å². The van der Waals surface area contributed by atoms with Crippen molar-refractivity contribution in [1.29, 1.82) is 0 Å². The second-order valence-electron chi connectivity index (χ2n) is 7.12. The number of carbonyl (C=O) groups excluding carboxylic acids is 2. The van der Waals surface area contributed by atoms with Crippen molar-refractivity contribution in [3.05, 3.63) is 58.0 Å². The molecule has 4 rings (SSSR count). The highest BCUT2D eigenvalue weighted by atomic mass is 35.5. The Balaban J connectivity index is 1.36. The monoisotopic (exact) mass is 444 g/mol. The van der Waals surface area contributed by atoms with E-state index in [-0.39, 0.29) is 11.9 Å². The van der Waals surface area contributed by atoms with Crippen molar-refractivity contribution in [3.8, 4) is 5.69 Å². The number of urea groups is 1. The third-order valence-corrected chi connectivity index (χ3v) is 6.01. The van der Waals surface area contributed by atoms with Crippen LogP contribution in [-0.2, 0) is 0 Å². The first-order chi connectivity index (χ1) is 14.5. The standard InChI is InChI=1S/C20H21ClN6O2S/c1-26-7-6-13(10-26)23-19(28)18-8-15(12-30-18)27-11-14(9-22-27)24-20(29)25-17-5-3-2-4-16(17)21/h2-5,8-9,11-13H,6-7,10H2,1H3,(H,23,28)(H2,24,25,29)/t13-/m1/s1. The van der Waals surface area contributed by atoms with E-state index in [0.29, 0.717) is 21.3 Å². The maximum absolute atomic E-state index is 12.5. The minimum atomic E-state index is -0.422. The van der Waals surface area contributed by atoms with Gasteiger partial charge in [0.15, 0.2) is 0 Å². The summed E-state index contributed by atoms with van der Waals surface area (Å²) >= 11 is 7.41. The number of aromatic nitrogens is 2. The van der Waals surface area contributed by atoms with Crippen molar-refractivity contribution in [2.45, 2.75) is 12.5 Å². The van der Waals surface area contributed by atoms with Gasteiger partial charge in [0.1, 0.15) is 0 Å². The van der Waals surface area contributed by atoms with E-state index in [1.165, 1.54) is 17.5 Å². The van der Waals surface area contributed by atoms with Crippen LogP contribution in [0.2, 0.25) is 5.02 Å². The zero-order valence-electron chi connectivity index (χ0n) is 16.3. The van der Waals surface area contributed by atoms with Crippen LogP contribution in [0.15, 0.2) is 48.1 Å². The molecule has 0 radical (unpaired) electrons. The van der Waals surface area contributed by atoms with E-state index in [1.807, 2.05) is 12.4 Å². The van der Waals surface area contributed by atoms with E-state index in [1.54, 1.807) is 41.2 Å². The molecule has 0 unspecified atom stereocenters. The molecule has 2 aromatic heterocycles. The molecule has 1 saturated heterocycles. The third-order valence-electron chi connectivity index (χ3n) is 4.76. The molecule has 0 spiro atoms. The summed E-state index contributed by atoms with van der Waals surface area (Å²) in [6, 6.07) is 8.54. The number of anilines is 2. The van der Waals surface area contributed by atoms with Crippen molar-refractivity contribution in [3.63, 3.8) is 0 Å². The van der Waals surface area contributed by atoms with Gasteiger partial charge in [0, 0.05) is 18.0 Å². The van der Waals surface area contributed by atoms with Gasteiger partial charge in [-0.1, -0.05) is 23.7 Å². The molecule has 3 heterocycles. The summed E-state index contributed by atoms with van der Waals surface area (Å²) in [5.41, 5.74) is 1.80. The van der Waals surface area contributed by atoms with Crippen molar-refractivity contribution in [2.75, 3.05) is 30.8 Å². The van der Waals surface area contributed by atoms with Crippen LogP contribution in [0.4, 0.5) is 16.2 Å². The number of benzene rings is 1. The van der Waals surface area contributed by atoms with E-state index in [4.69, 9.17) is 11.6 Å². The number of nitrogens with zero attached hydrogens (tertiary/aromatic N) is 3. The van der Waals surface area contributed by atoms with Crippen LogP contribution in [0, 0.1) is 0 Å². The molecule has 1 aliphatic rings. The van der Waals surface area contributed by atoms with E-state index < -0.39 is 6.03 Å². The van der Waals surface area contributed by atoms with Crippen molar-refractivity contribution in [2.24, 2.45) is 0 Å². The Hall–Kier alpha value is -2.88. The van der Waals surface area contributed by atoms with Gasteiger partial charge in [-0.2, -0.15) is 5.10 Å². The molecular formula is C20H21ClN6O2S. The van der Waals surface area contributed by atoms with Gasteiger partial charge in [0.05, 0.1) is 39.4 Å². The SMILES string of the molecule is CN1CC[C@@H](NC(=O)c2cc(-n3cc(NC(=O)Nc4ccccc4Cl)cn3)cs2)C1. The largest absolute Gasteiger partial charge is 0.347 e. The van der Waals surface area contributed by atoms with Gasteiger partial charge in [0.2, 0.25) is 0 Å². The molecule has 10 heteroatoms. The fourth-order valence-electron chi connectivity index (χ4n) is 3.25. The molecule has 0 saturated carbocycles. The molecule has 1 aliphatic heterocycles. The molecule has 3 N–H and O–H groups in total. The van der Waals surface area contributed by atoms with Crippen LogP contribution in [0.5, 0.6) is 0 Å². The third kappa shape index (κ3) is 4.81. The second kappa shape index (κ2) is 8.86. The number of likely N-dealkylation sites (N-methyl/N-ethyl adjacent to an activating group) is 1. The number of para-hydroxylation sites is 1. The molecule has 1 fully saturated rings. The average Bonchev–Trinajstić information content (AvgIpc) is 3.44. The first-order valence-corrected chi connectivity index (χ1v) is 10.7. The Morgan fingerprint density at radius 3 is 2.87 bits per heavy atom. The predicted molar refractivity (Wildman–Crippen MR) is 119 cm³/mol. The van der Waals surface area contributed by atoms with Crippen LogP contribution in [0.1, 0.15) is 16.1 Å². The quantitative estimate of drug-likeness (QED) is 0.560. The topological polar surface area (TPSA) is 91.3 Å². The minimum absolute atomic E-state index is 0.0730. The summed E-state index contributed by atoms with van der Waals surface area (Å²) in [6.45, 7) is 1.86. The van der Waals surface area contributed by atoms with Gasteiger partial charge < -0.3 is 20.9 Å². The summed E-state index contributed by atoms with van der Waals surface area (Å²) in [6.07, 6.45) is 4.19. The molecule has 3 aromatic rings. The van der Waals surface area contributed by atoms with Gasteiger partial charge in [-0.25, -0.2) is 9.48 Å². The number of hydrogen-bond acceptors (Lipinski definition) is 5. The fourth-order valence-corrected chi connectivity index (χ4v) is 4.21. The van der Waals surface area contributed by atoms with Crippen LogP contribution >= 0.6 is 22.9 Å². The van der Waals surface area contributed by atoms with Gasteiger partial charge >= 0.3 is 6.03 Å². The zero-order valence-corrected chi connectivity index (χ0v) is 17.8. The second-order valence-corrected chi connectivity index (χ2v) is 8.44. The Morgan fingerprint density at radius 2 is 2.10 bits per heavy atom. The molecular weight excluding hydrogens is 424 g/mol. The van der Waals surface area contributed by atoms with E-state index >= 15 is 0 Å². The highest BCUT2D eigenvalue weighted by Crippen LogP contribution is 2.22.